The fourth-order valence-corrected chi connectivity index (χ4v) is 4.52. The number of sulfone groups is 1. The van der Waals surface area contributed by atoms with Crippen LogP contribution in [0.15, 0.2) is 67.3 Å². The minimum Gasteiger partial charge on any atom is -0.224 e. The summed E-state index contributed by atoms with van der Waals surface area (Å²) in [4.78, 5) is 1.62. The minimum absolute atomic E-state index is 0.333. The zero-order valence-electron chi connectivity index (χ0n) is 11.0. The van der Waals surface area contributed by atoms with Gasteiger partial charge in [0.1, 0.15) is 0 Å². The van der Waals surface area contributed by atoms with Crippen LogP contribution in [-0.2, 0) is 9.84 Å². The Morgan fingerprint density at radius 1 is 0.900 bits per heavy atom. The van der Waals surface area contributed by atoms with Crippen molar-refractivity contribution in [1.82, 2.24) is 0 Å². The summed E-state index contributed by atoms with van der Waals surface area (Å²) in [5.74, 6) is 0. The summed E-state index contributed by atoms with van der Waals surface area (Å²) in [6, 6.07) is 14.9. The van der Waals surface area contributed by atoms with Gasteiger partial charge < -0.3 is 0 Å². The summed E-state index contributed by atoms with van der Waals surface area (Å²) in [6.45, 7) is 0. The van der Waals surface area contributed by atoms with Gasteiger partial charge in [-0.15, -0.1) is 11.8 Å². The summed E-state index contributed by atoms with van der Waals surface area (Å²) >= 11 is 8.34. The summed E-state index contributed by atoms with van der Waals surface area (Å²) in [5, 5.41) is 0. The predicted octanol–water partition coefficient (Wildman–Crippen LogP) is 5.02. The van der Waals surface area contributed by atoms with Gasteiger partial charge in [-0.25, -0.2) is 8.42 Å². The van der Waals surface area contributed by atoms with Crippen LogP contribution in [-0.4, -0.2) is 20.9 Å². The van der Waals surface area contributed by atoms with Crippen molar-refractivity contribution in [3.05, 3.63) is 57.5 Å². The molecule has 0 fully saturated rings. The molecule has 0 N–H and O–H groups in total. The molecule has 0 heterocycles. The van der Waals surface area contributed by atoms with Crippen molar-refractivity contribution in [1.29, 1.82) is 0 Å². The number of rotatable bonds is 2. The maximum absolute atomic E-state index is 11.0. The topological polar surface area (TPSA) is 34.1 Å². The molecule has 0 atom stereocenters. The summed E-state index contributed by atoms with van der Waals surface area (Å²) in [5.41, 5.74) is 0. The van der Waals surface area contributed by atoms with E-state index in [4.69, 9.17) is 0 Å². The zero-order chi connectivity index (χ0) is 15.2. The molecule has 0 amide bonds. The molecule has 108 valence electrons. The molecule has 0 aliphatic rings. The Bertz CT molecular complexity index is 670. The molecule has 0 bridgehead atoms. The largest absolute Gasteiger partial charge is 0.224 e. The van der Waals surface area contributed by atoms with Crippen molar-refractivity contribution in [2.45, 2.75) is 9.79 Å². The zero-order valence-corrected chi connectivity index (χ0v) is 15.8. The molecule has 2 aromatic carbocycles. The van der Waals surface area contributed by atoms with Gasteiger partial charge in [-0.1, -0.05) is 24.3 Å². The molecule has 2 nitrogen and oxygen atoms in total. The molecule has 0 radical (unpaired) electrons. The van der Waals surface area contributed by atoms with Gasteiger partial charge in [0.2, 0.25) is 0 Å². The number of thioether (sulfide) groups is 1. The van der Waals surface area contributed by atoms with E-state index in [0.29, 0.717) is 9.37 Å². The van der Waals surface area contributed by atoms with Crippen LogP contribution in [0.3, 0.4) is 0 Å². The Kier molecular flexibility index (Phi) is 7.29. The molecular weight excluding hydrogens is 424 g/mol. The third-order valence-electron chi connectivity index (χ3n) is 2.29. The molecule has 6 heteroatoms. The highest BCUT2D eigenvalue weighted by Gasteiger charge is 2.09. The van der Waals surface area contributed by atoms with E-state index >= 15 is 0 Å². The number of hydrogen-bond donors (Lipinski definition) is 0. The second-order valence-electron chi connectivity index (χ2n) is 3.84. The first-order chi connectivity index (χ1) is 9.36. The highest BCUT2D eigenvalue weighted by atomic mass is 79.9. The Morgan fingerprint density at radius 2 is 1.40 bits per heavy atom. The van der Waals surface area contributed by atoms with Crippen molar-refractivity contribution < 1.29 is 8.42 Å². The average Bonchev–Trinajstić information content (AvgIpc) is 2.39. The Hall–Kier alpha value is -0.300. The Labute approximate surface area is 141 Å². The first kappa shape index (κ1) is 17.8. The lowest BCUT2D eigenvalue weighted by atomic mass is 10.4. The number of hydrogen-bond acceptors (Lipinski definition) is 3. The van der Waals surface area contributed by atoms with E-state index in [0.717, 1.165) is 0 Å². The van der Waals surface area contributed by atoms with Gasteiger partial charge in [0, 0.05) is 20.1 Å². The van der Waals surface area contributed by atoms with Gasteiger partial charge in [0.25, 0.3) is 0 Å². The highest BCUT2D eigenvalue weighted by molar-refractivity contribution is 9.10. The fourth-order valence-electron chi connectivity index (χ4n) is 1.36. The normalized spacial score (nSPS) is 10.6. The quantitative estimate of drug-likeness (QED) is 0.618. The Morgan fingerprint density at radius 3 is 1.75 bits per heavy atom. The lowest BCUT2D eigenvalue weighted by Gasteiger charge is -1.98. The number of benzene rings is 2. The minimum atomic E-state index is -3.08. The molecule has 2 aromatic rings. The summed E-state index contributed by atoms with van der Waals surface area (Å²) in [7, 11) is -3.08. The van der Waals surface area contributed by atoms with Gasteiger partial charge in [-0.3, -0.25) is 0 Å². The third-order valence-corrected chi connectivity index (χ3v) is 6.15. The monoisotopic (exact) mass is 436 g/mol. The Balaban J connectivity index is 0.000000204. The van der Waals surface area contributed by atoms with Crippen LogP contribution < -0.4 is 0 Å². The van der Waals surface area contributed by atoms with E-state index in [9.17, 15) is 8.42 Å². The van der Waals surface area contributed by atoms with E-state index in [1.807, 2.05) is 18.2 Å². The van der Waals surface area contributed by atoms with Crippen molar-refractivity contribution in [2.75, 3.05) is 12.5 Å². The van der Waals surface area contributed by atoms with E-state index < -0.39 is 9.84 Å². The smallest absolute Gasteiger partial charge is 0.176 e. The molecule has 0 saturated heterocycles. The predicted molar refractivity (Wildman–Crippen MR) is 93.2 cm³/mol. The second-order valence-corrected chi connectivity index (χ2v) is 8.38. The van der Waals surface area contributed by atoms with Crippen molar-refractivity contribution >= 4 is 53.5 Å². The van der Waals surface area contributed by atoms with Crippen molar-refractivity contribution in [3.63, 3.8) is 0 Å². The van der Waals surface area contributed by atoms with Gasteiger partial charge in [-0.05, 0) is 62.4 Å². The first-order valence-electron chi connectivity index (χ1n) is 5.59. The lowest BCUT2D eigenvalue weighted by molar-refractivity contribution is 0.601. The first-order valence-corrected chi connectivity index (χ1v) is 10.3. The van der Waals surface area contributed by atoms with Crippen molar-refractivity contribution in [2.24, 2.45) is 0 Å². The average molecular weight is 438 g/mol. The van der Waals surface area contributed by atoms with Gasteiger partial charge >= 0.3 is 0 Å². The van der Waals surface area contributed by atoms with E-state index in [1.54, 1.807) is 36.0 Å². The lowest BCUT2D eigenvalue weighted by Crippen LogP contribution is -1.97. The van der Waals surface area contributed by atoms with Crippen LogP contribution in [0.25, 0.3) is 0 Å². The van der Waals surface area contributed by atoms with Crippen LogP contribution in [0.1, 0.15) is 0 Å². The van der Waals surface area contributed by atoms with Crippen LogP contribution in [0.4, 0.5) is 0 Å². The van der Waals surface area contributed by atoms with E-state index in [1.165, 1.54) is 15.6 Å². The SMILES string of the molecule is CS(=O)(=O)c1ccccc1Br.CSc1ccccc1Br. The molecule has 0 aliphatic carbocycles. The third kappa shape index (κ3) is 5.60. The van der Waals surface area contributed by atoms with Crippen LogP contribution in [0.2, 0.25) is 0 Å². The van der Waals surface area contributed by atoms with E-state index in [2.05, 4.69) is 44.2 Å². The second kappa shape index (κ2) is 8.22. The van der Waals surface area contributed by atoms with Gasteiger partial charge in [-0.2, -0.15) is 0 Å². The molecule has 0 aliphatic heterocycles. The van der Waals surface area contributed by atoms with Gasteiger partial charge in [0.15, 0.2) is 9.84 Å². The number of halogens is 2. The van der Waals surface area contributed by atoms with Crippen LogP contribution in [0.5, 0.6) is 0 Å². The van der Waals surface area contributed by atoms with E-state index in [-0.39, 0.29) is 0 Å². The summed E-state index contributed by atoms with van der Waals surface area (Å²) in [6.07, 6.45) is 3.26. The maximum atomic E-state index is 11.0. The molecule has 0 saturated carbocycles. The molecule has 0 aromatic heterocycles. The maximum Gasteiger partial charge on any atom is 0.176 e. The van der Waals surface area contributed by atoms with Crippen molar-refractivity contribution in [3.8, 4) is 0 Å². The van der Waals surface area contributed by atoms with Crippen LogP contribution >= 0.6 is 43.6 Å². The molecule has 2 rings (SSSR count). The molecule has 0 unspecified atom stereocenters. The fraction of sp³-hybridized carbons (Fsp3) is 0.143. The summed E-state index contributed by atoms with van der Waals surface area (Å²) < 4.78 is 23.8. The standard InChI is InChI=1S/C7H7BrO2S.C7H7BrS/c1-11(9,10)7-5-3-2-4-6(7)8;1-9-7-5-3-2-4-6(7)8/h2-5H,1H3;2-5H,1H3. The molecule has 20 heavy (non-hydrogen) atoms. The molecule has 0 spiro atoms. The van der Waals surface area contributed by atoms with Crippen LogP contribution in [0, 0.1) is 0 Å². The molecular formula is C14H14Br2O2S2. The highest BCUT2D eigenvalue weighted by Crippen LogP contribution is 2.24. The van der Waals surface area contributed by atoms with Gasteiger partial charge in [0.05, 0.1) is 4.90 Å².